The van der Waals surface area contributed by atoms with Gasteiger partial charge >= 0.3 is 0 Å². The van der Waals surface area contributed by atoms with Crippen molar-refractivity contribution in [2.24, 2.45) is 11.8 Å². The lowest BCUT2D eigenvalue weighted by Crippen LogP contribution is -2.37. The summed E-state index contributed by atoms with van der Waals surface area (Å²) in [6.45, 7) is 5.55. The molecular weight excluding hydrogens is 310 g/mol. The Bertz CT molecular complexity index is 650. The van der Waals surface area contributed by atoms with Gasteiger partial charge in [0.25, 0.3) is 0 Å². The highest BCUT2D eigenvalue weighted by Crippen LogP contribution is 2.19. The third kappa shape index (κ3) is 5.82. The van der Waals surface area contributed by atoms with Crippen LogP contribution in [0, 0.1) is 11.8 Å². The lowest BCUT2D eigenvalue weighted by atomic mass is 10.1. The second-order valence-electron chi connectivity index (χ2n) is 6.59. The van der Waals surface area contributed by atoms with E-state index in [-0.39, 0.29) is 24.0 Å². The first-order valence-corrected chi connectivity index (χ1v) is 9.80. The smallest absolute Gasteiger partial charge is 0.223 e. The summed E-state index contributed by atoms with van der Waals surface area (Å²) in [5, 5.41) is 1.24. The summed E-state index contributed by atoms with van der Waals surface area (Å²) in [5.41, 5.74) is 1.21. The van der Waals surface area contributed by atoms with Gasteiger partial charge in [0, 0.05) is 30.8 Å². The minimum Gasteiger partial charge on any atom is -0.342 e. The molecule has 1 amide bonds. The van der Waals surface area contributed by atoms with Crippen molar-refractivity contribution in [2.45, 2.75) is 26.7 Å². The SMILES string of the molecule is CC(C)CN(CCc1ccccc1)C(=O)CC1C=CS(=O)(=O)C1. The van der Waals surface area contributed by atoms with E-state index in [2.05, 4.69) is 26.0 Å². The summed E-state index contributed by atoms with van der Waals surface area (Å²) >= 11 is 0. The minimum atomic E-state index is -3.10. The number of benzene rings is 1. The quantitative estimate of drug-likeness (QED) is 0.770. The molecule has 0 spiro atoms. The molecular formula is C18H25NO3S. The fraction of sp³-hybridized carbons (Fsp3) is 0.500. The number of nitrogens with zero attached hydrogens (tertiary/aromatic N) is 1. The molecule has 1 aliphatic heterocycles. The summed E-state index contributed by atoms with van der Waals surface area (Å²) in [6.07, 6.45) is 2.74. The summed E-state index contributed by atoms with van der Waals surface area (Å²) < 4.78 is 22.9. The monoisotopic (exact) mass is 335 g/mol. The number of carbonyl (C=O) groups is 1. The predicted molar refractivity (Wildman–Crippen MR) is 92.6 cm³/mol. The minimum absolute atomic E-state index is 0.0429. The van der Waals surface area contributed by atoms with Crippen molar-refractivity contribution < 1.29 is 13.2 Å². The molecule has 1 aliphatic rings. The van der Waals surface area contributed by atoms with E-state index in [4.69, 9.17) is 0 Å². The average molecular weight is 335 g/mol. The van der Waals surface area contributed by atoms with Gasteiger partial charge in [0.2, 0.25) is 5.91 Å². The van der Waals surface area contributed by atoms with Crippen LogP contribution in [0.5, 0.6) is 0 Å². The zero-order valence-corrected chi connectivity index (χ0v) is 14.6. The molecule has 1 aromatic carbocycles. The van der Waals surface area contributed by atoms with E-state index in [1.54, 1.807) is 6.08 Å². The fourth-order valence-corrected chi connectivity index (χ4v) is 4.19. The molecule has 126 valence electrons. The maximum atomic E-state index is 12.6. The number of sulfone groups is 1. The standard InChI is InChI=1S/C18H25NO3S/c1-15(2)13-19(10-8-16-6-4-3-5-7-16)18(20)12-17-9-11-23(21,22)14-17/h3-7,9,11,15,17H,8,10,12-14H2,1-2H3. The van der Waals surface area contributed by atoms with E-state index in [9.17, 15) is 13.2 Å². The highest BCUT2D eigenvalue weighted by molar-refractivity contribution is 7.94. The largest absolute Gasteiger partial charge is 0.342 e. The molecule has 0 aromatic heterocycles. The molecule has 0 fully saturated rings. The molecule has 4 nitrogen and oxygen atoms in total. The van der Waals surface area contributed by atoms with Gasteiger partial charge in [0.05, 0.1) is 5.75 Å². The second-order valence-corrected chi connectivity index (χ2v) is 8.52. The normalized spacial score (nSPS) is 19.2. The Morgan fingerprint density at radius 2 is 1.96 bits per heavy atom. The van der Waals surface area contributed by atoms with Crippen LogP contribution in [-0.4, -0.2) is 38.1 Å². The van der Waals surface area contributed by atoms with Crippen LogP contribution in [0.3, 0.4) is 0 Å². The van der Waals surface area contributed by atoms with Gasteiger partial charge in [-0.05, 0) is 17.9 Å². The molecule has 1 aromatic rings. The van der Waals surface area contributed by atoms with Crippen LogP contribution < -0.4 is 0 Å². The molecule has 0 aliphatic carbocycles. The molecule has 1 atom stereocenters. The maximum Gasteiger partial charge on any atom is 0.223 e. The van der Waals surface area contributed by atoms with Gasteiger partial charge in [-0.2, -0.15) is 0 Å². The number of rotatable bonds is 7. The first-order valence-electron chi connectivity index (χ1n) is 8.08. The van der Waals surface area contributed by atoms with Crippen LogP contribution in [-0.2, 0) is 21.1 Å². The van der Waals surface area contributed by atoms with Gasteiger partial charge < -0.3 is 4.90 Å². The van der Waals surface area contributed by atoms with Crippen molar-refractivity contribution in [3.8, 4) is 0 Å². The molecule has 0 bridgehead atoms. The second kappa shape index (κ2) is 7.77. The summed E-state index contributed by atoms with van der Waals surface area (Å²) in [6, 6.07) is 10.1. The van der Waals surface area contributed by atoms with Crippen molar-refractivity contribution in [3.05, 3.63) is 47.4 Å². The van der Waals surface area contributed by atoms with Gasteiger partial charge in [-0.25, -0.2) is 8.42 Å². The first kappa shape index (κ1) is 17.7. The van der Waals surface area contributed by atoms with Gasteiger partial charge in [0.1, 0.15) is 0 Å². The van der Waals surface area contributed by atoms with Crippen LogP contribution in [0.1, 0.15) is 25.8 Å². The Balaban J connectivity index is 1.94. The Kier molecular flexibility index (Phi) is 5.99. The van der Waals surface area contributed by atoms with Crippen molar-refractivity contribution in [1.82, 2.24) is 4.90 Å². The van der Waals surface area contributed by atoms with E-state index in [0.717, 1.165) is 6.42 Å². The Labute approximate surface area is 139 Å². The van der Waals surface area contributed by atoms with Crippen molar-refractivity contribution in [2.75, 3.05) is 18.8 Å². The van der Waals surface area contributed by atoms with E-state index in [0.29, 0.717) is 19.0 Å². The molecule has 2 rings (SSSR count). The van der Waals surface area contributed by atoms with E-state index >= 15 is 0 Å². The number of hydrogen-bond donors (Lipinski definition) is 0. The van der Waals surface area contributed by atoms with Crippen LogP contribution in [0.2, 0.25) is 0 Å². The molecule has 0 radical (unpaired) electrons. The van der Waals surface area contributed by atoms with Crippen molar-refractivity contribution in [3.63, 3.8) is 0 Å². The summed E-state index contributed by atoms with van der Waals surface area (Å²) in [7, 11) is -3.10. The third-order valence-corrected chi connectivity index (χ3v) is 5.36. The zero-order chi connectivity index (χ0) is 16.9. The highest BCUT2D eigenvalue weighted by atomic mass is 32.2. The molecule has 0 saturated heterocycles. The first-order chi connectivity index (χ1) is 10.9. The van der Waals surface area contributed by atoms with Crippen molar-refractivity contribution in [1.29, 1.82) is 0 Å². The summed E-state index contributed by atoms with van der Waals surface area (Å²) in [4.78, 5) is 14.4. The fourth-order valence-electron chi connectivity index (χ4n) is 2.79. The zero-order valence-electron chi connectivity index (χ0n) is 13.8. The lowest BCUT2D eigenvalue weighted by molar-refractivity contribution is -0.132. The number of carbonyl (C=O) groups excluding carboxylic acids is 1. The van der Waals surface area contributed by atoms with Gasteiger partial charge in [0.15, 0.2) is 9.84 Å². The van der Waals surface area contributed by atoms with Crippen LogP contribution >= 0.6 is 0 Å². The number of amides is 1. The Hall–Kier alpha value is -1.62. The van der Waals surface area contributed by atoms with Crippen LogP contribution in [0.15, 0.2) is 41.8 Å². The molecule has 0 saturated carbocycles. The van der Waals surface area contributed by atoms with E-state index in [1.807, 2.05) is 23.1 Å². The lowest BCUT2D eigenvalue weighted by Gasteiger charge is -2.25. The molecule has 23 heavy (non-hydrogen) atoms. The van der Waals surface area contributed by atoms with E-state index in [1.165, 1.54) is 11.0 Å². The molecule has 5 heteroatoms. The van der Waals surface area contributed by atoms with Crippen LogP contribution in [0.4, 0.5) is 0 Å². The predicted octanol–water partition coefficient (Wildman–Crippen LogP) is 2.66. The van der Waals surface area contributed by atoms with Crippen molar-refractivity contribution >= 4 is 15.7 Å². The number of allylic oxidation sites excluding steroid dienone is 1. The van der Waals surface area contributed by atoms with Crippen LogP contribution in [0.25, 0.3) is 0 Å². The maximum absolute atomic E-state index is 12.6. The van der Waals surface area contributed by atoms with Gasteiger partial charge in [-0.3, -0.25) is 4.79 Å². The highest BCUT2D eigenvalue weighted by Gasteiger charge is 2.26. The topological polar surface area (TPSA) is 54.5 Å². The molecule has 0 N–H and O–H groups in total. The molecule has 1 unspecified atom stereocenters. The molecule has 1 heterocycles. The Morgan fingerprint density at radius 3 is 2.52 bits per heavy atom. The Morgan fingerprint density at radius 1 is 1.26 bits per heavy atom. The summed E-state index contributed by atoms with van der Waals surface area (Å²) in [5.74, 6) is 0.310. The van der Waals surface area contributed by atoms with E-state index < -0.39 is 9.84 Å². The van der Waals surface area contributed by atoms with Gasteiger partial charge in [-0.1, -0.05) is 50.3 Å². The average Bonchev–Trinajstić information content (AvgIpc) is 2.83. The third-order valence-electron chi connectivity index (χ3n) is 3.89. The van der Waals surface area contributed by atoms with Gasteiger partial charge in [-0.15, -0.1) is 0 Å². The number of hydrogen-bond acceptors (Lipinski definition) is 3.